The highest BCUT2D eigenvalue weighted by atomic mass is 35.5. The van der Waals surface area contributed by atoms with Crippen molar-refractivity contribution in [3.8, 4) is 0 Å². The molecule has 1 aliphatic heterocycles. The molecule has 1 aliphatic rings. The van der Waals surface area contributed by atoms with Crippen LogP contribution in [0.3, 0.4) is 0 Å². The molecule has 1 aromatic heterocycles. The molecule has 0 saturated carbocycles. The fraction of sp³-hybridized carbons (Fsp3) is 0.185. The second kappa shape index (κ2) is 8.75. The highest BCUT2D eigenvalue weighted by molar-refractivity contribution is 6.30. The van der Waals surface area contributed by atoms with Crippen LogP contribution in [-0.2, 0) is 11.2 Å². The number of hydrogen-bond acceptors (Lipinski definition) is 2. The van der Waals surface area contributed by atoms with Crippen molar-refractivity contribution in [2.45, 2.75) is 19.4 Å². The van der Waals surface area contributed by atoms with Gasteiger partial charge in [-0.25, -0.2) is 0 Å². The van der Waals surface area contributed by atoms with Gasteiger partial charge in [-0.2, -0.15) is 0 Å². The summed E-state index contributed by atoms with van der Waals surface area (Å²) in [5, 5.41) is 4.72. The zero-order valence-corrected chi connectivity index (χ0v) is 19.0. The molecule has 0 fully saturated rings. The van der Waals surface area contributed by atoms with Gasteiger partial charge in [-0.1, -0.05) is 60.1 Å². The second-order valence-corrected chi connectivity index (χ2v) is 8.79. The second-order valence-electron chi connectivity index (χ2n) is 8.36. The van der Waals surface area contributed by atoms with E-state index in [1.165, 1.54) is 0 Å². The SMILES string of the molecule is Cc1[nH]c2ccccc2c1[C@H]1c2ccccc2C(=O)N1CC(=O)NCCc1ccc(Cl)cc1. The summed E-state index contributed by atoms with van der Waals surface area (Å²) in [5.74, 6) is -0.291. The van der Waals surface area contributed by atoms with Crippen molar-refractivity contribution in [3.63, 3.8) is 0 Å². The van der Waals surface area contributed by atoms with Crippen LogP contribution in [0.25, 0.3) is 10.9 Å². The van der Waals surface area contributed by atoms with Gasteiger partial charge >= 0.3 is 0 Å². The molecule has 5 nitrogen and oxygen atoms in total. The normalized spacial score (nSPS) is 15.2. The third-order valence-corrected chi connectivity index (χ3v) is 6.49. The zero-order valence-electron chi connectivity index (χ0n) is 18.3. The first kappa shape index (κ1) is 21.3. The molecule has 0 spiro atoms. The van der Waals surface area contributed by atoms with Crippen molar-refractivity contribution < 1.29 is 9.59 Å². The summed E-state index contributed by atoms with van der Waals surface area (Å²) in [6, 6.07) is 23.0. The highest BCUT2D eigenvalue weighted by Gasteiger charge is 2.40. The number of aromatic nitrogens is 1. The Bertz CT molecular complexity index is 1340. The van der Waals surface area contributed by atoms with E-state index < -0.39 is 0 Å². The number of fused-ring (bicyclic) bond motifs is 2. The fourth-order valence-corrected chi connectivity index (χ4v) is 4.83. The number of aryl methyl sites for hydroxylation is 1. The number of nitrogens with zero attached hydrogens (tertiary/aromatic N) is 1. The van der Waals surface area contributed by atoms with E-state index in [0.29, 0.717) is 23.6 Å². The number of H-pyrrole nitrogens is 1. The number of halogens is 1. The van der Waals surface area contributed by atoms with Crippen molar-refractivity contribution in [3.05, 3.63) is 106 Å². The lowest BCUT2D eigenvalue weighted by Gasteiger charge is -2.25. The Balaban J connectivity index is 1.39. The van der Waals surface area contributed by atoms with Gasteiger partial charge in [0, 0.05) is 39.3 Å². The minimum atomic E-state index is -0.313. The van der Waals surface area contributed by atoms with Crippen LogP contribution in [0.4, 0.5) is 0 Å². The number of para-hydroxylation sites is 1. The number of rotatable bonds is 6. The first-order valence-electron chi connectivity index (χ1n) is 11.0. The molecule has 0 unspecified atom stereocenters. The minimum Gasteiger partial charge on any atom is -0.358 e. The largest absolute Gasteiger partial charge is 0.358 e. The van der Waals surface area contributed by atoms with Gasteiger partial charge in [-0.05, 0) is 48.7 Å². The maximum absolute atomic E-state index is 13.3. The van der Waals surface area contributed by atoms with Crippen molar-refractivity contribution in [1.82, 2.24) is 15.2 Å². The maximum Gasteiger partial charge on any atom is 0.255 e. The van der Waals surface area contributed by atoms with E-state index in [0.717, 1.165) is 33.3 Å². The number of amides is 2. The predicted octanol–water partition coefficient (Wildman–Crippen LogP) is 5.03. The summed E-state index contributed by atoms with van der Waals surface area (Å²) in [6.45, 7) is 2.51. The van der Waals surface area contributed by atoms with Gasteiger partial charge in [0.2, 0.25) is 5.91 Å². The Morgan fingerprint density at radius 2 is 1.76 bits per heavy atom. The summed E-state index contributed by atoms with van der Waals surface area (Å²) >= 11 is 5.94. The third-order valence-electron chi connectivity index (χ3n) is 6.24. The number of hydrogen-bond donors (Lipinski definition) is 2. The molecule has 4 aromatic rings. The van der Waals surface area contributed by atoms with Gasteiger partial charge in [0.25, 0.3) is 5.91 Å². The Hall–Kier alpha value is -3.57. The van der Waals surface area contributed by atoms with Crippen molar-refractivity contribution in [2.24, 2.45) is 0 Å². The molecule has 0 aliphatic carbocycles. The third kappa shape index (κ3) is 4.00. The number of benzene rings is 3. The minimum absolute atomic E-state index is 0.00224. The fourth-order valence-electron chi connectivity index (χ4n) is 4.70. The quantitative estimate of drug-likeness (QED) is 0.426. The molecular formula is C27H24ClN3O2. The standard InChI is InChI=1S/C27H24ClN3O2/c1-17-25(22-8-4-5-9-23(22)30-17)26-20-6-2-3-7-21(20)27(33)31(26)16-24(32)29-15-14-18-10-12-19(28)13-11-18/h2-13,26,30H,14-16H2,1H3,(H,29,32)/t26-/m1/s1. The number of aromatic amines is 1. The van der Waals surface area contributed by atoms with Crippen molar-refractivity contribution in [1.29, 1.82) is 0 Å². The summed E-state index contributed by atoms with van der Waals surface area (Å²) in [6.07, 6.45) is 0.696. The topological polar surface area (TPSA) is 65.2 Å². The first-order chi connectivity index (χ1) is 16.0. The number of carbonyl (C=O) groups is 2. The molecule has 6 heteroatoms. The van der Waals surface area contributed by atoms with Gasteiger partial charge in [-0.3, -0.25) is 9.59 Å². The smallest absolute Gasteiger partial charge is 0.255 e. The molecule has 33 heavy (non-hydrogen) atoms. The van der Waals surface area contributed by atoms with E-state index in [1.54, 1.807) is 4.90 Å². The molecule has 5 rings (SSSR count). The summed E-state index contributed by atoms with van der Waals surface area (Å²) in [5.41, 5.74) is 5.74. The van der Waals surface area contributed by atoms with Crippen molar-refractivity contribution in [2.75, 3.05) is 13.1 Å². The zero-order chi connectivity index (χ0) is 22.9. The molecule has 0 saturated heterocycles. The lowest BCUT2D eigenvalue weighted by Crippen LogP contribution is -2.40. The predicted molar refractivity (Wildman–Crippen MR) is 131 cm³/mol. The number of nitrogens with one attached hydrogen (secondary N) is 2. The summed E-state index contributed by atoms with van der Waals surface area (Å²) in [4.78, 5) is 31.3. The average molecular weight is 458 g/mol. The summed E-state index contributed by atoms with van der Waals surface area (Å²) in [7, 11) is 0. The van der Waals surface area contributed by atoms with Crippen LogP contribution in [0.5, 0.6) is 0 Å². The van der Waals surface area contributed by atoms with Crippen molar-refractivity contribution >= 4 is 34.3 Å². The molecule has 166 valence electrons. The molecule has 0 radical (unpaired) electrons. The molecule has 0 bridgehead atoms. The van der Waals surface area contributed by atoms with Gasteiger partial charge in [0.05, 0.1) is 6.04 Å². The lowest BCUT2D eigenvalue weighted by atomic mass is 9.95. The molecule has 2 amide bonds. The maximum atomic E-state index is 13.3. The van der Waals surface area contributed by atoms with Crippen LogP contribution in [-0.4, -0.2) is 34.8 Å². The Morgan fingerprint density at radius 3 is 2.58 bits per heavy atom. The number of carbonyl (C=O) groups excluding carboxylic acids is 2. The van der Waals surface area contributed by atoms with Crippen LogP contribution >= 0.6 is 11.6 Å². The molecule has 3 aromatic carbocycles. The average Bonchev–Trinajstić information content (AvgIpc) is 3.28. The van der Waals surface area contributed by atoms with Crippen LogP contribution in [0.1, 0.15) is 38.8 Å². The van der Waals surface area contributed by atoms with Crippen LogP contribution in [0.15, 0.2) is 72.8 Å². The van der Waals surface area contributed by atoms with E-state index in [1.807, 2.05) is 73.7 Å². The van der Waals surface area contributed by atoms with Gasteiger partial charge in [0.1, 0.15) is 6.54 Å². The van der Waals surface area contributed by atoms with E-state index in [2.05, 4.69) is 16.4 Å². The van der Waals surface area contributed by atoms with E-state index in [-0.39, 0.29) is 24.4 Å². The van der Waals surface area contributed by atoms with Crippen LogP contribution in [0, 0.1) is 6.92 Å². The molecular weight excluding hydrogens is 434 g/mol. The van der Waals surface area contributed by atoms with Gasteiger partial charge in [0.15, 0.2) is 0 Å². The van der Waals surface area contributed by atoms with Gasteiger partial charge < -0.3 is 15.2 Å². The van der Waals surface area contributed by atoms with E-state index >= 15 is 0 Å². The molecule has 1 atom stereocenters. The lowest BCUT2D eigenvalue weighted by molar-refractivity contribution is -0.122. The Labute approximate surface area is 197 Å². The molecule has 2 heterocycles. The van der Waals surface area contributed by atoms with Crippen LogP contribution < -0.4 is 5.32 Å². The monoisotopic (exact) mass is 457 g/mol. The van der Waals surface area contributed by atoms with Crippen LogP contribution in [0.2, 0.25) is 5.02 Å². The Morgan fingerprint density at radius 1 is 1.03 bits per heavy atom. The highest BCUT2D eigenvalue weighted by Crippen LogP contribution is 2.42. The Kier molecular flexibility index (Phi) is 5.65. The van der Waals surface area contributed by atoms with E-state index in [4.69, 9.17) is 11.6 Å². The summed E-state index contributed by atoms with van der Waals surface area (Å²) < 4.78 is 0. The molecule has 2 N–H and O–H groups in total. The van der Waals surface area contributed by atoms with E-state index in [9.17, 15) is 9.59 Å². The first-order valence-corrected chi connectivity index (χ1v) is 11.4. The van der Waals surface area contributed by atoms with Gasteiger partial charge in [-0.15, -0.1) is 0 Å².